The Hall–Kier alpha value is -1.95. The van der Waals surface area contributed by atoms with Crippen LogP contribution < -0.4 is 20.1 Å². The summed E-state index contributed by atoms with van der Waals surface area (Å²) in [7, 11) is 0. The van der Waals surface area contributed by atoms with Gasteiger partial charge in [0.1, 0.15) is 13.2 Å². The van der Waals surface area contributed by atoms with Crippen LogP contribution in [0.4, 0.5) is 5.69 Å². The number of hydrogen-bond donors (Lipinski definition) is 2. The minimum Gasteiger partial charge on any atom is -0.486 e. The van der Waals surface area contributed by atoms with Gasteiger partial charge < -0.3 is 25.0 Å². The van der Waals surface area contributed by atoms with Gasteiger partial charge >= 0.3 is 0 Å². The number of benzene rings is 1. The van der Waals surface area contributed by atoms with Gasteiger partial charge in [-0.05, 0) is 45.4 Å². The molecular formula is C19H29N3O3. The third-order valence-corrected chi connectivity index (χ3v) is 4.52. The van der Waals surface area contributed by atoms with Crippen LogP contribution >= 0.6 is 0 Å². The van der Waals surface area contributed by atoms with Gasteiger partial charge in [-0.15, -0.1) is 0 Å². The molecule has 0 spiro atoms. The number of nitrogens with one attached hydrogen (secondary N) is 2. The van der Waals surface area contributed by atoms with Crippen molar-refractivity contribution in [2.24, 2.45) is 0 Å². The molecule has 0 radical (unpaired) electrons. The molecule has 0 aromatic heterocycles. The van der Waals surface area contributed by atoms with Crippen molar-refractivity contribution in [1.29, 1.82) is 0 Å². The lowest BCUT2D eigenvalue weighted by Gasteiger charge is -2.33. The largest absolute Gasteiger partial charge is 0.486 e. The molecule has 25 heavy (non-hydrogen) atoms. The van der Waals surface area contributed by atoms with Crippen LogP contribution in [0.5, 0.6) is 11.5 Å². The summed E-state index contributed by atoms with van der Waals surface area (Å²) in [5.41, 5.74) is 1.06. The van der Waals surface area contributed by atoms with E-state index < -0.39 is 0 Å². The standard InChI is InChI=1S/C19H29N3O3/c1-14(2)20-19(23)7-9-22-8-3-4-16(13-22)21-15-5-6-17-18(12-15)25-11-10-24-17/h5-6,12,14,16,21H,3-4,7-11,13H2,1-2H3,(H,20,23)/t16-/m1/s1. The van der Waals surface area contributed by atoms with E-state index in [2.05, 4.69) is 15.5 Å². The van der Waals surface area contributed by atoms with Crippen LogP contribution in [0.15, 0.2) is 18.2 Å². The summed E-state index contributed by atoms with van der Waals surface area (Å²) in [4.78, 5) is 14.2. The lowest BCUT2D eigenvalue weighted by Crippen LogP contribution is -2.43. The Bertz CT molecular complexity index is 591. The van der Waals surface area contributed by atoms with Crippen LogP contribution in [0.2, 0.25) is 0 Å². The van der Waals surface area contributed by atoms with E-state index in [1.807, 2.05) is 32.0 Å². The van der Waals surface area contributed by atoms with E-state index in [1.54, 1.807) is 0 Å². The van der Waals surface area contributed by atoms with Gasteiger partial charge in [-0.25, -0.2) is 0 Å². The minimum atomic E-state index is 0.136. The molecule has 1 amide bonds. The molecule has 3 rings (SSSR count). The number of anilines is 1. The second kappa shape index (κ2) is 8.43. The van der Waals surface area contributed by atoms with Crippen LogP contribution in [-0.2, 0) is 4.79 Å². The van der Waals surface area contributed by atoms with Crippen molar-refractivity contribution in [1.82, 2.24) is 10.2 Å². The first-order valence-electron chi connectivity index (χ1n) is 9.28. The van der Waals surface area contributed by atoms with Crippen molar-refractivity contribution >= 4 is 11.6 Å². The third kappa shape index (κ3) is 5.26. The molecule has 1 aromatic carbocycles. The second-order valence-electron chi connectivity index (χ2n) is 7.11. The molecular weight excluding hydrogens is 318 g/mol. The summed E-state index contributed by atoms with van der Waals surface area (Å²) in [5, 5.41) is 6.56. The fourth-order valence-corrected chi connectivity index (χ4v) is 3.40. The highest BCUT2D eigenvalue weighted by Crippen LogP contribution is 2.33. The van der Waals surface area contributed by atoms with Crippen LogP contribution in [-0.4, -0.2) is 55.7 Å². The first kappa shape index (κ1) is 17.9. The Kier molecular flexibility index (Phi) is 6.02. The number of carbonyl (C=O) groups is 1. The predicted octanol–water partition coefficient (Wildman–Crippen LogP) is 2.25. The van der Waals surface area contributed by atoms with Gasteiger partial charge in [0.25, 0.3) is 0 Å². The fraction of sp³-hybridized carbons (Fsp3) is 0.632. The van der Waals surface area contributed by atoms with E-state index >= 15 is 0 Å². The maximum Gasteiger partial charge on any atom is 0.221 e. The zero-order valence-electron chi connectivity index (χ0n) is 15.2. The van der Waals surface area contributed by atoms with E-state index in [1.165, 1.54) is 0 Å². The van der Waals surface area contributed by atoms with E-state index in [0.29, 0.717) is 25.7 Å². The van der Waals surface area contributed by atoms with Gasteiger partial charge in [-0.1, -0.05) is 0 Å². The quantitative estimate of drug-likeness (QED) is 0.826. The van der Waals surface area contributed by atoms with Gasteiger partial charge in [0, 0.05) is 43.3 Å². The molecule has 2 aliphatic heterocycles. The maximum atomic E-state index is 11.8. The van der Waals surface area contributed by atoms with Crippen molar-refractivity contribution in [3.8, 4) is 11.5 Å². The highest BCUT2D eigenvalue weighted by atomic mass is 16.6. The normalized spacial score (nSPS) is 20.4. The number of rotatable bonds is 6. The van der Waals surface area contributed by atoms with E-state index in [9.17, 15) is 4.79 Å². The van der Waals surface area contributed by atoms with Crippen LogP contribution in [0.3, 0.4) is 0 Å². The van der Waals surface area contributed by atoms with Crippen LogP contribution in [0.1, 0.15) is 33.1 Å². The first-order chi connectivity index (χ1) is 12.1. The van der Waals surface area contributed by atoms with Crippen molar-refractivity contribution in [3.63, 3.8) is 0 Å². The van der Waals surface area contributed by atoms with Crippen molar-refractivity contribution in [2.45, 2.75) is 45.2 Å². The number of ether oxygens (including phenoxy) is 2. The van der Waals surface area contributed by atoms with Crippen molar-refractivity contribution in [3.05, 3.63) is 18.2 Å². The SMILES string of the molecule is CC(C)NC(=O)CCN1CCC[C@@H](Nc2ccc3c(c2)OCCO3)C1. The minimum absolute atomic E-state index is 0.136. The van der Waals surface area contributed by atoms with Crippen molar-refractivity contribution < 1.29 is 14.3 Å². The number of likely N-dealkylation sites (tertiary alicyclic amines) is 1. The van der Waals surface area contributed by atoms with Crippen molar-refractivity contribution in [2.75, 3.05) is 38.2 Å². The highest BCUT2D eigenvalue weighted by molar-refractivity contribution is 5.76. The number of nitrogens with zero attached hydrogens (tertiary/aromatic N) is 1. The molecule has 1 aromatic rings. The Labute approximate surface area is 149 Å². The number of hydrogen-bond acceptors (Lipinski definition) is 5. The third-order valence-electron chi connectivity index (χ3n) is 4.52. The van der Waals surface area contributed by atoms with E-state index in [-0.39, 0.29) is 11.9 Å². The molecule has 6 nitrogen and oxygen atoms in total. The molecule has 0 aliphatic carbocycles. The molecule has 0 saturated carbocycles. The predicted molar refractivity (Wildman–Crippen MR) is 98.4 cm³/mol. The molecule has 0 bridgehead atoms. The maximum absolute atomic E-state index is 11.8. The zero-order valence-corrected chi connectivity index (χ0v) is 15.2. The topological polar surface area (TPSA) is 62.8 Å². The smallest absolute Gasteiger partial charge is 0.221 e. The molecule has 138 valence electrons. The summed E-state index contributed by atoms with van der Waals surface area (Å²) >= 11 is 0. The van der Waals surface area contributed by atoms with Crippen LogP contribution in [0, 0.1) is 0 Å². The molecule has 0 unspecified atom stereocenters. The Morgan fingerprint density at radius 1 is 1.28 bits per heavy atom. The Morgan fingerprint density at radius 2 is 2.08 bits per heavy atom. The number of carbonyl (C=O) groups excluding carboxylic acids is 1. The Balaban J connectivity index is 1.49. The lowest BCUT2D eigenvalue weighted by molar-refractivity contribution is -0.121. The summed E-state index contributed by atoms with van der Waals surface area (Å²) in [5.74, 6) is 1.77. The van der Waals surface area contributed by atoms with Gasteiger partial charge in [0.05, 0.1) is 0 Å². The first-order valence-corrected chi connectivity index (χ1v) is 9.28. The molecule has 1 fully saturated rings. The monoisotopic (exact) mass is 347 g/mol. The van der Waals surface area contributed by atoms with E-state index in [0.717, 1.165) is 49.7 Å². The average molecular weight is 347 g/mol. The Morgan fingerprint density at radius 3 is 2.88 bits per heavy atom. The summed E-state index contributed by atoms with van der Waals surface area (Å²) in [6, 6.07) is 6.63. The number of fused-ring (bicyclic) bond motifs is 1. The number of amides is 1. The molecule has 6 heteroatoms. The zero-order chi connectivity index (χ0) is 17.6. The summed E-state index contributed by atoms with van der Waals surface area (Å²) in [6.45, 7) is 8.04. The molecule has 1 saturated heterocycles. The molecule has 2 heterocycles. The fourth-order valence-electron chi connectivity index (χ4n) is 3.40. The molecule has 1 atom stereocenters. The van der Waals surface area contributed by atoms with Gasteiger partial charge in [0.2, 0.25) is 5.91 Å². The summed E-state index contributed by atoms with van der Waals surface area (Å²) in [6.07, 6.45) is 2.85. The van der Waals surface area contributed by atoms with Gasteiger partial charge in [0.15, 0.2) is 11.5 Å². The lowest BCUT2D eigenvalue weighted by atomic mass is 10.0. The van der Waals surface area contributed by atoms with E-state index in [4.69, 9.17) is 9.47 Å². The van der Waals surface area contributed by atoms with Gasteiger partial charge in [-0.3, -0.25) is 4.79 Å². The summed E-state index contributed by atoms with van der Waals surface area (Å²) < 4.78 is 11.2. The van der Waals surface area contributed by atoms with Gasteiger partial charge in [-0.2, -0.15) is 0 Å². The average Bonchev–Trinajstić information content (AvgIpc) is 2.60. The number of piperidine rings is 1. The van der Waals surface area contributed by atoms with Crippen LogP contribution in [0.25, 0.3) is 0 Å². The molecule has 2 aliphatic rings. The highest BCUT2D eigenvalue weighted by Gasteiger charge is 2.21. The second-order valence-corrected chi connectivity index (χ2v) is 7.11. The molecule has 2 N–H and O–H groups in total.